The molecule has 2 aromatic rings. The average molecular weight is 233 g/mol. The molecule has 0 unspecified atom stereocenters. The molecule has 0 atom stereocenters. The van der Waals surface area contributed by atoms with Gasteiger partial charge < -0.3 is 10.4 Å². The van der Waals surface area contributed by atoms with Gasteiger partial charge in [0.15, 0.2) is 0 Å². The van der Waals surface area contributed by atoms with E-state index in [1.807, 2.05) is 36.4 Å². The molecule has 2 N–H and O–H groups in total. The Balaban J connectivity index is 2.05. The summed E-state index contributed by atoms with van der Waals surface area (Å²) in [6.45, 7) is 0.537. The van der Waals surface area contributed by atoms with Crippen LogP contribution in [0.1, 0.15) is 15.2 Å². The van der Waals surface area contributed by atoms with Crippen molar-refractivity contribution in [2.45, 2.75) is 6.54 Å². The summed E-state index contributed by atoms with van der Waals surface area (Å²) in [5.74, 6) is -0.861. The molecule has 0 aliphatic rings. The summed E-state index contributed by atoms with van der Waals surface area (Å²) in [4.78, 5) is 11.3. The molecule has 0 saturated heterocycles. The first-order chi connectivity index (χ1) is 7.77. The SMILES string of the molecule is O=C(O)c1sccc1CNc1ccccc1. The van der Waals surface area contributed by atoms with E-state index in [-0.39, 0.29) is 0 Å². The van der Waals surface area contributed by atoms with E-state index in [1.54, 1.807) is 5.38 Å². The number of thiophene rings is 1. The lowest BCUT2D eigenvalue weighted by molar-refractivity contribution is 0.0701. The van der Waals surface area contributed by atoms with Crippen LogP contribution in [0.5, 0.6) is 0 Å². The van der Waals surface area contributed by atoms with Crippen LogP contribution in [0.15, 0.2) is 41.8 Å². The van der Waals surface area contributed by atoms with E-state index in [9.17, 15) is 4.79 Å². The maximum absolute atomic E-state index is 10.9. The molecular weight excluding hydrogens is 222 g/mol. The van der Waals surface area contributed by atoms with Crippen LogP contribution in [0.4, 0.5) is 5.69 Å². The monoisotopic (exact) mass is 233 g/mol. The summed E-state index contributed by atoms with van der Waals surface area (Å²) in [7, 11) is 0. The molecule has 4 heteroatoms. The molecule has 0 fully saturated rings. The lowest BCUT2D eigenvalue weighted by Gasteiger charge is -2.05. The highest BCUT2D eigenvalue weighted by atomic mass is 32.1. The van der Waals surface area contributed by atoms with Gasteiger partial charge in [-0.25, -0.2) is 4.79 Å². The molecule has 0 bridgehead atoms. The molecule has 2 rings (SSSR count). The van der Waals surface area contributed by atoms with Crippen molar-refractivity contribution in [1.82, 2.24) is 0 Å². The minimum Gasteiger partial charge on any atom is -0.477 e. The van der Waals surface area contributed by atoms with Gasteiger partial charge in [-0.1, -0.05) is 18.2 Å². The Bertz CT molecular complexity index is 479. The summed E-state index contributed by atoms with van der Waals surface area (Å²) in [6.07, 6.45) is 0. The summed E-state index contributed by atoms with van der Waals surface area (Å²) in [5, 5.41) is 13.9. The Morgan fingerprint density at radius 2 is 2.00 bits per heavy atom. The predicted molar refractivity (Wildman–Crippen MR) is 65.0 cm³/mol. The number of carboxylic acids is 1. The van der Waals surface area contributed by atoms with Crippen molar-refractivity contribution >= 4 is 23.0 Å². The normalized spacial score (nSPS) is 10.0. The molecule has 16 heavy (non-hydrogen) atoms. The van der Waals surface area contributed by atoms with Gasteiger partial charge in [0.05, 0.1) is 0 Å². The van der Waals surface area contributed by atoms with Gasteiger partial charge in [-0.15, -0.1) is 11.3 Å². The first kappa shape index (κ1) is 10.7. The number of carboxylic acid groups (broad SMARTS) is 1. The van der Waals surface area contributed by atoms with E-state index >= 15 is 0 Å². The standard InChI is InChI=1S/C12H11NO2S/c14-12(15)11-9(6-7-16-11)8-13-10-4-2-1-3-5-10/h1-7,13H,8H2,(H,14,15). The number of carbonyl (C=O) groups is 1. The van der Waals surface area contributed by atoms with Crippen LogP contribution in [0.2, 0.25) is 0 Å². The van der Waals surface area contributed by atoms with Crippen molar-refractivity contribution in [1.29, 1.82) is 0 Å². The number of aromatic carboxylic acids is 1. The molecule has 0 amide bonds. The molecule has 0 radical (unpaired) electrons. The topological polar surface area (TPSA) is 49.3 Å². The third-order valence-corrected chi connectivity index (χ3v) is 3.14. The summed E-state index contributed by atoms with van der Waals surface area (Å²) in [5.41, 5.74) is 1.81. The predicted octanol–water partition coefficient (Wildman–Crippen LogP) is 3.06. The number of rotatable bonds is 4. The van der Waals surface area contributed by atoms with E-state index < -0.39 is 5.97 Å². The van der Waals surface area contributed by atoms with E-state index in [2.05, 4.69) is 5.32 Å². The van der Waals surface area contributed by atoms with Crippen molar-refractivity contribution in [3.8, 4) is 0 Å². The lowest BCUT2D eigenvalue weighted by Crippen LogP contribution is -2.03. The fraction of sp³-hybridized carbons (Fsp3) is 0.0833. The molecule has 0 saturated carbocycles. The van der Waals surface area contributed by atoms with Gasteiger partial charge in [0.2, 0.25) is 0 Å². The van der Waals surface area contributed by atoms with Gasteiger partial charge >= 0.3 is 5.97 Å². The van der Waals surface area contributed by atoms with Crippen LogP contribution < -0.4 is 5.32 Å². The van der Waals surface area contributed by atoms with E-state index in [4.69, 9.17) is 5.11 Å². The van der Waals surface area contributed by atoms with Crippen LogP contribution in [-0.2, 0) is 6.54 Å². The van der Waals surface area contributed by atoms with Crippen molar-refractivity contribution in [3.05, 3.63) is 52.2 Å². The smallest absolute Gasteiger partial charge is 0.346 e. The minimum absolute atomic E-state index is 0.406. The number of anilines is 1. The lowest BCUT2D eigenvalue weighted by atomic mass is 10.2. The molecule has 1 aromatic carbocycles. The second-order valence-corrected chi connectivity index (χ2v) is 4.22. The highest BCUT2D eigenvalue weighted by Gasteiger charge is 2.10. The van der Waals surface area contributed by atoms with E-state index in [1.165, 1.54) is 11.3 Å². The van der Waals surface area contributed by atoms with Crippen molar-refractivity contribution in [2.24, 2.45) is 0 Å². The Hall–Kier alpha value is -1.81. The first-order valence-corrected chi connectivity index (χ1v) is 5.74. The van der Waals surface area contributed by atoms with Crippen LogP contribution in [-0.4, -0.2) is 11.1 Å². The van der Waals surface area contributed by atoms with Gasteiger partial charge in [0.1, 0.15) is 4.88 Å². The second-order valence-electron chi connectivity index (χ2n) is 3.30. The van der Waals surface area contributed by atoms with Crippen molar-refractivity contribution in [2.75, 3.05) is 5.32 Å². The van der Waals surface area contributed by atoms with Crippen LogP contribution in [0.25, 0.3) is 0 Å². The maximum atomic E-state index is 10.9. The van der Waals surface area contributed by atoms with Crippen molar-refractivity contribution in [3.63, 3.8) is 0 Å². The molecule has 1 aromatic heterocycles. The van der Waals surface area contributed by atoms with E-state index in [0.717, 1.165) is 11.3 Å². The second kappa shape index (κ2) is 4.81. The molecule has 82 valence electrons. The Morgan fingerprint density at radius 1 is 1.25 bits per heavy atom. The summed E-state index contributed by atoms with van der Waals surface area (Å²) in [6, 6.07) is 11.6. The molecule has 1 heterocycles. The van der Waals surface area contributed by atoms with Gasteiger partial charge in [0.25, 0.3) is 0 Å². The molecule has 0 aliphatic carbocycles. The van der Waals surface area contributed by atoms with Gasteiger partial charge in [-0.3, -0.25) is 0 Å². The fourth-order valence-corrected chi connectivity index (χ4v) is 2.18. The van der Waals surface area contributed by atoms with Gasteiger partial charge in [-0.2, -0.15) is 0 Å². The van der Waals surface area contributed by atoms with Crippen LogP contribution in [0.3, 0.4) is 0 Å². The largest absolute Gasteiger partial charge is 0.477 e. The fourth-order valence-electron chi connectivity index (χ4n) is 1.42. The average Bonchev–Trinajstić information content (AvgIpc) is 2.76. The Kier molecular flexibility index (Phi) is 3.22. The highest BCUT2D eigenvalue weighted by molar-refractivity contribution is 7.12. The van der Waals surface area contributed by atoms with E-state index in [0.29, 0.717) is 11.4 Å². The molecule has 0 spiro atoms. The third kappa shape index (κ3) is 2.41. The molecule has 0 aliphatic heterocycles. The third-order valence-electron chi connectivity index (χ3n) is 2.20. The van der Waals surface area contributed by atoms with Gasteiger partial charge in [0, 0.05) is 12.2 Å². The van der Waals surface area contributed by atoms with Crippen molar-refractivity contribution < 1.29 is 9.90 Å². The first-order valence-electron chi connectivity index (χ1n) is 4.86. The maximum Gasteiger partial charge on any atom is 0.346 e. The number of hydrogen-bond acceptors (Lipinski definition) is 3. The number of hydrogen-bond donors (Lipinski definition) is 2. The minimum atomic E-state index is -0.861. The summed E-state index contributed by atoms with van der Waals surface area (Å²) < 4.78 is 0. The zero-order valence-electron chi connectivity index (χ0n) is 8.51. The highest BCUT2D eigenvalue weighted by Crippen LogP contribution is 2.18. The van der Waals surface area contributed by atoms with Crippen LogP contribution >= 0.6 is 11.3 Å². The summed E-state index contributed by atoms with van der Waals surface area (Å²) >= 11 is 1.25. The molecular formula is C12H11NO2S. The number of para-hydroxylation sites is 1. The van der Waals surface area contributed by atoms with Gasteiger partial charge in [-0.05, 0) is 29.1 Å². The zero-order valence-corrected chi connectivity index (χ0v) is 9.33. The number of nitrogens with one attached hydrogen (secondary N) is 1. The zero-order chi connectivity index (χ0) is 11.4. The number of benzene rings is 1. The Morgan fingerprint density at radius 3 is 2.69 bits per heavy atom. The molecule has 3 nitrogen and oxygen atoms in total. The van der Waals surface area contributed by atoms with Crippen LogP contribution in [0, 0.1) is 0 Å². The Labute approximate surface area is 97.4 Å². The quantitative estimate of drug-likeness (QED) is 0.853.